The molecule has 16 atom stereocenters. The Morgan fingerprint density at radius 2 is 1.35 bits per heavy atom. The van der Waals surface area contributed by atoms with Gasteiger partial charge < -0.3 is 91.9 Å². The van der Waals surface area contributed by atoms with Crippen molar-refractivity contribution in [2.24, 2.45) is 34.6 Å². The van der Waals surface area contributed by atoms with Gasteiger partial charge >= 0.3 is 0 Å². The van der Waals surface area contributed by atoms with Crippen LogP contribution in [0.1, 0.15) is 95.0 Å². The van der Waals surface area contributed by atoms with E-state index in [0.717, 1.165) is 81.6 Å². The number of hydrogen-bond acceptors (Lipinski definition) is 18. The second-order valence-electron chi connectivity index (χ2n) is 19.5. The molecule has 4 aliphatic heterocycles. The molecule has 0 unspecified atom stereocenters. The van der Waals surface area contributed by atoms with Gasteiger partial charge in [0, 0.05) is 43.8 Å². The Balaban J connectivity index is 0.814. The minimum absolute atomic E-state index is 0.0712. The van der Waals surface area contributed by atoms with Crippen LogP contribution in [0.5, 0.6) is 17.2 Å². The number of hydrogen-bond donors (Lipinski definition) is 9. The third kappa shape index (κ3) is 14.0. The molecular formula is C49H79FN6O12. The molecule has 384 valence electrons. The van der Waals surface area contributed by atoms with E-state index in [4.69, 9.17) is 66.6 Å². The summed E-state index contributed by atoms with van der Waals surface area (Å²) in [6.45, 7) is 3.67. The number of fused-ring (bicyclic) bond motifs is 1. The summed E-state index contributed by atoms with van der Waals surface area (Å²) in [7, 11) is 0. The van der Waals surface area contributed by atoms with Crippen LogP contribution in [0.3, 0.4) is 0 Å². The number of benzene rings is 2. The van der Waals surface area contributed by atoms with Gasteiger partial charge in [0.25, 0.3) is 0 Å². The van der Waals surface area contributed by atoms with E-state index in [1.54, 1.807) is 12.1 Å². The highest BCUT2D eigenvalue weighted by atomic mass is 19.1. The Kier molecular flexibility index (Phi) is 20.3. The molecule has 3 saturated heterocycles. The normalized spacial score (nSPS) is 35.4. The van der Waals surface area contributed by atoms with E-state index in [1.165, 1.54) is 25.7 Å². The zero-order valence-electron chi connectivity index (χ0n) is 39.4. The quantitative estimate of drug-likeness (QED) is 0.0677. The molecule has 1 saturated carbocycles. The summed E-state index contributed by atoms with van der Waals surface area (Å²) in [6, 6.07) is 9.57. The zero-order valence-corrected chi connectivity index (χ0v) is 39.4. The van der Waals surface area contributed by atoms with Crippen molar-refractivity contribution in [3.8, 4) is 17.2 Å². The van der Waals surface area contributed by atoms with Gasteiger partial charge in [-0.25, -0.2) is 4.39 Å². The lowest BCUT2D eigenvalue weighted by Gasteiger charge is -2.49. The fourth-order valence-corrected chi connectivity index (χ4v) is 10.5. The van der Waals surface area contributed by atoms with Gasteiger partial charge in [-0.15, -0.1) is 0 Å². The smallest absolute Gasteiger partial charge is 0.231 e. The third-order valence-electron chi connectivity index (χ3n) is 14.5. The maximum atomic E-state index is 13.8. The predicted octanol–water partition coefficient (Wildman–Crippen LogP) is 1.68. The molecule has 4 fully saturated rings. The lowest BCUT2D eigenvalue weighted by atomic mass is 9.80. The average Bonchev–Trinajstić information content (AvgIpc) is 3.81. The molecule has 19 heteroatoms. The Hall–Kier alpha value is -2.83. The van der Waals surface area contributed by atoms with Crippen LogP contribution in [0, 0.1) is 11.7 Å². The largest absolute Gasteiger partial charge is 0.493 e. The van der Waals surface area contributed by atoms with Gasteiger partial charge in [-0.2, -0.15) is 0 Å². The van der Waals surface area contributed by atoms with Crippen LogP contribution in [-0.2, 0) is 23.7 Å². The van der Waals surface area contributed by atoms with Crippen molar-refractivity contribution in [2.45, 2.75) is 175 Å². The molecule has 0 amide bonds. The molecule has 0 radical (unpaired) electrons. The Labute approximate surface area is 400 Å². The maximum Gasteiger partial charge on any atom is 0.231 e. The molecule has 68 heavy (non-hydrogen) atoms. The van der Waals surface area contributed by atoms with Crippen LogP contribution in [-0.4, -0.2) is 164 Å². The van der Waals surface area contributed by atoms with Crippen molar-refractivity contribution in [2.75, 3.05) is 52.8 Å². The molecule has 5 aliphatic rings. The van der Waals surface area contributed by atoms with E-state index in [9.17, 15) is 24.8 Å². The number of piperidine rings is 1. The molecule has 18 nitrogen and oxygen atoms in total. The number of ether oxygens (including phenoxy) is 8. The van der Waals surface area contributed by atoms with Gasteiger partial charge in [-0.05, 0) is 80.9 Å². The number of nitrogens with zero attached hydrogens (tertiary/aromatic N) is 1. The molecule has 0 spiro atoms. The molecule has 14 N–H and O–H groups in total. The summed E-state index contributed by atoms with van der Waals surface area (Å²) in [5, 5.41) is 41.6. The first-order chi connectivity index (χ1) is 32.9. The number of rotatable bonds is 24. The molecule has 2 aromatic rings. The molecule has 2 aromatic carbocycles. The van der Waals surface area contributed by atoms with Gasteiger partial charge in [0.2, 0.25) is 6.79 Å². The number of aliphatic hydroxyl groups excluding tert-OH is 4. The highest BCUT2D eigenvalue weighted by molar-refractivity contribution is 5.46. The monoisotopic (exact) mass is 963 g/mol. The van der Waals surface area contributed by atoms with Crippen molar-refractivity contribution in [1.29, 1.82) is 0 Å². The fraction of sp³-hybridized carbons (Fsp3) is 0.755. The number of nitrogens with two attached hydrogens (primary N) is 5. The van der Waals surface area contributed by atoms with Crippen LogP contribution in [0.25, 0.3) is 0 Å². The highest BCUT2D eigenvalue weighted by Gasteiger charge is 2.51. The summed E-state index contributed by atoms with van der Waals surface area (Å²) in [5.41, 5.74) is 32.8. The van der Waals surface area contributed by atoms with E-state index in [-0.39, 0.29) is 37.9 Å². The SMILES string of the molecule is NC[C@H]1O[C@H](O[C@H]2[C@H](OCCCCCCCCCCCCN3CC[C@@H](c4ccc(F)cc4)[C@H](COc4ccc5c(c4)OCO5)C3)[C@@H](O[C@H]3O[C@H](CO)[C@@H](O)[C@H](N)[C@H]3O)[C@H](N)C[C@@H]2N)[C@H](N)C[C@@H]1O. The Bertz CT molecular complexity index is 1790. The van der Waals surface area contributed by atoms with Crippen LogP contribution in [0.4, 0.5) is 4.39 Å². The second kappa shape index (κ2) is 26.0. The number of likely N-dealkylation sites (tertiary alicyclic amines) is 1. The number of halogens is 1. The number of unbranched alkanes of at least 4 members (excludes halogenated alkanes) is 9. The first-order valence-electron chi connectivity index (χ1n) is 25.0. The van der Waals surface area contributed by atoms with E-state index in [0.29, 0.717) is 24.9 Å². The van der Waals surface area contributed by atoms with Gasteiger partial charge in [0.05, 0.1) is 37.5 Å². The fourth-order valence-electron chi connectivity index (χ4n) is 10.5. The van der Waals surface area contributed by atoms with Crippen molar-refractivity contribution in [3.05, 3.63) is 53.8 Å². The first kappa shape index (κ1) is 53.0. The first-order valence-corrected chi connectivity index (χ1v) is 25.0. The topological polar surface area (TPSA) is 288 Å². The van der Waals surface area contributed by atoms with E-state index >= 15 is 0 Å². The minimum Gasteiger partial charge on any atom is -0.493 e. The van der Waals surface area contributed by atoms with Gasteiger partial charge in [0.15, 0.2) is 24.1 Å². The van der Waals surface area contributed by atoms with E-state index in [2.05, 4.69) is 4.90 Å². The zero-order chi connectivity index (χ0) is 48.2. The number of aliphatic hydroxyl groups is 4. The van der Waals surface area contributed by atoms with Crippen LogP contribution >= 0.6 is 0 Å². The standard InChI is InChI=1S/C49H79FN6O12/c50-31-13-11-29(12-14-31)33-17-19-56(25-30(33)27-62-32-15-16-38-39(21-32)64-28-63-38)18-9-7-5-3-1-2-4-6-8-10-20-61-47-45(67-48-36(54)23-37(58)40(24-51)65-48)34(52)22-35(53)46(47)68-49-44(60)42(55)43(59)41(26-57)66-49/h11-16,21,30,33-37,40-49,57-60H,1-10,17-20,22-28,51-55H2/t30-,33-,34-,35+,36+,37-,40+,41+,42-,43+,44+,45+,46-,47-,48+,49+/m0/s1. The van der Waals surface area contributed by atoms with Crippen molar-refractivity contribution >= 4 is 0 Å². The Morgan fingerprint density at radius 3 is 2.04 bits per heavy atom. The van der Waals surface area contributed by atoms with Crippen LogP contribution in [0.15, 0.2) is 42.5 Å². The van der Waals surface area contributed by atoms with Gasteiger partial charge in [-0.1, -0.05) is 63.5 Å². The summed E-state index contributed by atoms with van der Waals surface area (Å²) in [6.07, 6.45) is 2.37. The Morgan fingerprint density at radius 1 is 0.706 bits per heavy atom. The predicted molar refractivity (Wildman–Crippen MR) is 250 cm³/mol. The molecular weight excluding hydrogens is 884 g/mol. The summed E-state index contributed by atoms with van der Waals surface area (Å²) in [5.74, 6) is 2.53. The van der Waals surface area contributed by atoms with Crippen LogP contribution in [0.2, 0.25) is 0 Å². The third-order valence-corrected chi connectivity index (χ3v) is 14.5. The summed E-state index contributed by atoms with van der Waals surface area (Å²) < 4.78 is 62.1. The summed E-state index contributed by atoms with van der Waals surface area (Å²) in [4.78, 5) is 2.56. The van der Waals surface area contributed by atoms with Crippen molar-refractivity contribution in [1.82, 2.24) is 4.90 Å². The lowest BCUT2D eigenvalue weighted by Crippen LogP contribution is -2.68. The summed E-state index contributed by atoms with van der Waals surface area (Å²) >= 11 is 0. The minimum atomic E-state index is -1.42. The molecule has 0 bridgehead atoms. The van der Waals surface area contributed by atoms with Gasteiger partial charge in [-0.3, -0.25) is 0 Å². The van der Waals surface area contributed by atoms with Crippen molar-refractivity contribution < 1.29 is 62.7 Å². The van der Waals surface area contributed by atoms with E-state index < -0.39 is 92.2 Å². The highest BCUT2D eigenvalue weighted by Crippen LogP contribution is 2.38. The maximum absolute atomic E-state index is 13.8. The van der Waals surface area contributed by atoms with Gasteiger partial charge in [0.1, 0.15) is 48.2 Å². The lowest BCUT2D eigenvalue weighted by molar-refractivity contribution is -0.318. The van der Waals surface area contributed by atoms with E-state index in [1.807, 2.05) is 30.3 Å². The molecule has 0 aromatic heterocycles. The second-order valence-corrected chi connectivity index (χ2v) is 19.5. The molecule has 4 heterocycles. The molecule has 1 aliphatic carbocycles. The van der Waals surface area contributed by atoms with Crippen LogP contribution < -0.4 is 42.9 Å². The average molecular weight is 963 g/mol. The molecule has 7 rings (SSSR count). The van der Waals surface area contributed by atoms with Crippen molar-refractivity contribution in [3.63, 3.8) is 0 Å².